The molecule has 2 unspecified atom stereocenters. The van der Waals surface area contributed by atoms with Crippen LogP contribution in [0.25, 0.3) is 22.5 Å². The predicted octanol–water partition coefficient (Wildman–Crippen LogP) is 3.68. The molecule has 9 nitrogen and oxygen atoms in total. The van der Waals surface area contributed by atoms with Crippen LogP contribution in [0.1, 0.15) is 28.0 Å². The minimum atomic E-state index is -0.509. The Morgan fingerprint density at radius 3 is 2.87 bits per heavy atom. The lowest BCUT2D eigenvalue weighted by atomic mass is 10.0. The van der Waals surface area contributed by atoms with Crippen LogP contribution in [0.4, 0.5) is 15.8 Å². The number of aliphatic hydroxyl groups excluding tert-OH is 1. The van der Waals surface area contributed by atoms with Gasteiger partial charge in [0.15, 0.2) is 5.82 Å². The molecular weight excluding hydrogens is 497 g/mol. The zero-order valence-electron chi connectivity index (χ0n) is 21.2. The number of aryl methyl sites for hydroxylation is 1. The number of aliphatic hydroxyl groups is 1. The number of nitriles is 1. The number of nitrogens with two attached hydrogens (primary N) is 1. The van der Waals surface area contributed by atoms with Gasteiger partial charge >= 0.3 is 0 Å². The van der Waals surface area contributed by atoms with Crippen LogP contribution in [0.5, 0.6) is 0 Å². The summed E-state index contributed by atoms with van der Waals surface area (Å²) >= 11 is 0. The van der Waals surface area contributed by atoms with Crippen LogP contribution in [-0.4, -0.2) is 51.2 Å². The predicted molar refractivity (Wildman–Crippen MR) is 145 cm³/mol. The number of halogens is 1. The number of hydrogen-bond donors (Lipinski definition) is 3. The zero-order valence-corrected chi connectivity index (χ0v) is 21.2. The van der Waals surface area contributed by atoms with Crippen LogP contribution in [0.3, 0.4) is 0 Å². The lowest BCUT2D eigenvalue weighted by Gasteiger charge is -2.28. The van der Waals surface area contributed by atoms with Gasteiger partial charge in [-0.25, -0.2) is 14.4 Å². The van der Waals surface area contributed by atoms with Gasteiger partial charge in [-0.1, -0.05) is 18.2 Å². The fraction of sp³-hybridized carbons (Fsp3) is 0.207. The van der Waals surface area contributed by atoms with Gasteiger partial charge in [0.25, 0.3) is 5.91 Å². The Labute approximate surface area is 224 Å². The van der Waals surface area contributed by atoms with Crippen LogP contribution >= 0.6 is 0 Å². The van der Waals surface area contributed by atoms with Crippen molar-refractivity contribution in [2.75, 3.05) is 23.4 Å². The Kier molecular flexibility index (Phi) is 7.27. The van der Waals surface area contributed by atoms with E-state index in [4.69, 9.17) is 5.73 Å². The third-order valence-electron chi connectivity index (χ3n) is 6.80. The summed E-state index contributed by atoms with van der Waals surface area (Å²) < 4.78 is 14.5. The Hall–Kier alpha value is -4.72. The van der Waals surface area contributed by atoms with Gasteiger partial charge in [0, 0.05) is 36.7 Å². The number of aromatic nitrogens is 3. The van der Waals surface area contributed by atoms with Crippen molar-refractivity contribution in [2.45, 2.75) is 25.4 Å². The summed E-state index contributed by atoms with van der Waals surface area (Å²) in [6.45, 7) is 2.11. The number of benzene rings is 2. The van der Waals surface area contributed by atoms with Crippen molar-refractivity contribution < 1.29 is 14.3 Å². The molecule has 1 saturated heterocycles. The molecule has 4 aromatic rings. The summed E-state index contributed by atoms with van der Waals surface area (Å²) in [5, 5.41) is 22.5. The SMILES string of the molecule is Cc1cccc(F)c1-c1nccc(C(=O)Nc2ccc(-c3cnccc3C#N)cc2N2CC(N)CC2CO)n1. The third-order valence-corrected chi connectivity index (χ3v) is 6.80. The highest BCUT2D eigenvalue weighted by atomic mass is 19.1. The number of carbonyl (C=O) groups excluding carboxylic acids is 1. The highest BCUT2D eigenvalue weighted by molar-refractivity contribution is 6.05. The molecule has 5 rings (SSSR count). The van der Waals surface area contributed by atoms with Crippen LogP contribution in [0.15, 0.2) is 67.1 Å². The van der Waals surface area contributed by atoms with Gasteiger partial charge in [0.05, 0.1) is 41.2 Å². The van der Waals surface area contributed by atoms with Crippen molar-refractivity contribution >= 4 is 17.3 Å². The first-order valence-corrected chi connectivity index (χ1v) is 12.4. The van der Waals surface area contributed by atoms with E-state index in [1.54, 1.807) is 49.6 Å². The molecule has 0 radical (unpaired) electrons. The van der Waals surface area contributed by atoms with Gasteiger partial charge in [-0.05, 0) is 54.8 Å². The molecule has 2 atom stereocenters. The molecular formula is C29H26FN7O2. The first-order valence-electron chi connectivity index (χ1n) is 12.4. The highest BCUT2D eigenvalue weighted by Crippen LogP contribution is 2.36. The summed E-state index contributed by atoms with van der Waals surface area (Å²) in [6.07, 6.45) is 5.17. The smallest absolute Gasteiger partial charge is 0.274 e. The molecule has 3 heterocycles. The van der Waals surface area contributed by atoms with E-state index >= 15 is 0 Å². The van der Waals surface area contributed by atoms with Crippen molar-refractivity contribution in [3.05, 3.63) is 89.8 Å². The molecule has 1 amide bonds. The molecule has 4 N–H and O–H groups in total. The molecule has 1 aliphatic heterocycles. The standard InChI is InChI=1S/C29H26FN7O2/c1-17-3-2-4-23(30)27(17)28-34-10-8-25(35-28)29(39)36-24-6-5-18(22-14-33-9-7-19(22)13-31)11-26(24)37-15-20(32)12-21(37)16-38/h2-11,14,20-21,38H,12,15-16,32H2,1H3,(H,36,39). The van der Waals surface area contributed by atoms with E-state index in [2.05, 4.69) is 26.3 Å². The quantitative estimate of drug-likeness (QED) is 0.348. The van der Waals surface area contributed by atoms with E-state index in [0.29, 0.717) is 41.0 Å². The average Bonchev–Trinajstić information content (AvgIpc) is 3.33. The normalized spacial score (nSPS) is 16.6. The molecule has 0 spiro atoms. The van der Waals surface area contributed by atoms with Gasteiger partial charge < -0.3 is 21.1 Å². The number of anilines is 2. The lowest BCUT2D eigenvalue weighted by Crippen LogP contribution is -2.33. The van der Waals surface area contributed by atoms with Gasteiger partial charge in [0.2, 0.25) is 0 Å². The van der Waals surface area contributed by atoms with E-state index in [9.17, 15) is 19.6 Å². The zero-order chi connectivity index (χ0) is 27.5. The first kappa shape index (κ1) is 25.9. The second-order valence-corrected chi connectivity index (χ2v) is 9.40. The maximum atomic E-state index is 14.5. The number of nitrogens with zero attached hydrogens (tertiary/aromatic N) is 5. The number of carbonyl (C=O) groups is 1. The summed E-state index contributed by atoms with van der Waals surface area (Å²) in [5.41, 5.74) is 10.1. The molecule has 196 valence electrons. The van der Waals surface area contributed by atoms with E-state index in [0.717, 1.165) is 5.56 Å². The van der Waals surface area contributed by atoms with Crippen molar-refractivity contribution in [3.8, 4) is 28.6 Å². The molecule has 39 heavy (non-hydrogen) atoms. The molecule has 1 aliphatic rings. The lowest BCUT2D eigenvalue weighted by molar-refractivity contribution is 0.102. The summed E-state index contributed by atoms with van der Waals surface area (Å²) in [7, 11) is 0. The number of hydrogen-bond acceptors (Lipinski definition) is 8. The maximum Gasteiger partial charge on any atom is 0.274 e. The van der Waals surface area contributed by atoms with Crippen LogP contribution < -0.4 is 16.0 Å². The average molecular weight is 524 g/mol. The van der Waals surface area contributed by atoms with Gasteiger partial charge in [-0.2, -0.15) is 5.26 Å². The second-order valence-electron chi connectivity index (χ2n) is 9.40. The molecule has 2 aromatic carbocycles. The fourth-order valence-corrected chi connectivity index (χ4v) is 4.89. The van der Waals surface area contributed by atoms with Crippen molar-refractivity contribution in [1.29, 1.82) is 5.26 Å². The van der Waals surface area contributed by atoms with Gasteiger partial charge in [-0.15, -0.1) is 0 Å². The van der Waals surface area contributed by atoms with Crippen molar-refractivity contribution in [2.24, 2.45) is 5.73 Å². The largest absolute Gasteiger partial charge is 0.394 e. The van der Waals surface area contributed by atoms with E-state index in [1.165, 1.54) is 18.3 Å². The Bertz CT molecular complexity index is 1570. The number of nitrogens with one attached hydrogen (secondary N) is 1. The monoisotopic (exact) mass is 523 g/mol. The molecule has 10 heteroatoms. The van der Waals surface area contributed by atoms with Gasteiger partial charge in [-0.3, -0.25) is 9.78 Å². The second kappa shape index (κ2) is 10.9. The van der Waals surface area contributed by atoms with E-state index in [-0.39, 0.29) is 35.8 Å². The van der Waals surface area contributed by atoms with Crippen molar-refractivity contribution in [3.63, 3.8) is 0 Å². The minimum absolute atomic E-state index is 0.0635. The van der Waals surface area contributed by atoms with Crippen LogP contribution in [0, 0.1) is 24.1 Å². The fourth-order valence-electron chi connectivity index (χ4n) is 4.89. The van der Waals surface area contributed by atoms with Crippen molar-refractivity contribution in [1.82, 2.24) is 15.0 Å². The number of amides is 1. The van der Waals surface area contributed by atoms with Crippen LogP contribution in [-0.2, 0) is 0 Å². The number of pyridine rings is 1. The van der Waals surface area contributed by atoms with E-state index in [1.807, 2.05) is 11.0 Å². The number of rotatable bonds is 6. The van der Waals surface area contributed by atoms with Gasteiger partial charge in [0.1, 0.15) is 11.5 Å². The molecule has 0 bridgehead atoms. The Morgan fingerprint density at radius 2 is 2.10 bits per heavy atom. The third kappa shape index (κ3) is 5.18. The summed E-state index contributed by atoms with van der Waals surface area (Å²) in [4.78, 5) is 28.0. The molecule has 0 saturated carbocycles. The Morgan fingerprint density at radius 1 is 1.26 bits per heavy atom. The maximum absolute atomic E-state index is 14.5. The topological polar surface area (TPSA) is 141 Å². The molecule has 0 aliphatic carbocycles. The summed E-state index contributed by atoms with van der Waals surface area (Å²) in [6, 6.07) is 14.9. The minimum Gasteiger partial charge on any atom is -0.394 e. The summed E-state index contributed by atoms with van der Waals surface area (Å²) in [5.74, 6) is -0.872. The Balaban J connectivity index is 1.53. The highest BCUT2D eigenvalue weighted by Gasteiger charge is 2.31. The molecule has 1 fully saturated rings. The first-order chi connectivity index (χ1) is 18.9. The van der Waals surface area contributed by atoms with E-state index < -0.39 is 11.7 Å². The molecule has 2 aromatic heterocycles. The van der Waals surface area contributed by atoms with Crippen LogP contribution in [0.2, 0.25) is 0 Å².